The fourth-order valence-corrected chi connectivity index (χ4v) is 3.40. The van der Waals surface area contributed by atoms with Crippen LogP contribution in [0.5, 0.6) is 17.2 Å². The van der Waals surface area contributed by atoms with Crippen LogP contribution < -0.4 is 14.8 Å². The van der Waals surface area contributed by atoms with Gasteiger partial charge in [0.2, 0.25) is 12.2 Å². The largest absolute Gasteiger partial charge is 0.508 e. The van der Waals surface area contributed by atoms with Gasteiger partial charge in [-0.25, -0.2) is 0 Å². The van der Waals surface area contributed by atoms with Gasteiger partial charge in [0.05, 0.1) is 13.7 Å². The monoisotopic (exact) mass is 475 g/mol. The van der Waals surface area contributed by atoms with E-state index in [0.29, 0.717) is 18.5 Å². The van der Waals surface area contributed by atoms with E-state index >= 15 is 0 Å². The number of rotatable bonds is 9. The molecule has 3 rings (SSSR count). The molecule has 1 saturated heterocycles. The van der Waals surface area contributed by atoms with Crippen molar-refractivity contribution in [3.8, 4) is 17.2 Å². The van der Waals surface area contributed by atoms with Crippen molar-refractivity contribution in [1.29, 1.82) is 0 Å². The summed E-state index contributed by atoms with van der Waals surface area (Å²) in [4.78, 5) is 12.1. The molecule has 1 heterocycles. The molecule has 0 radical (unpaired) electrons. The summed E-state index contributed by atoms with van der Waals surface area (Å²) < 4.78 is 16.3. The second-order valence-electron chi connectivity index (χ2n) is 7.77. The molecule has 1 aliphatic heterocycles. The first-order valence-corrected chi connectivity index (χ1v) is 10.7. The van der Waals surface area contributed by atoms with E-state index in [1.165, 1.54) is 13.2 Å². The smallest absolute Gasteiger partial charge is 0.244 e. The lowest BCUT2D eigenvalue weighted by molar-refractivity contribution is -0.277. The summed E-state index contributed by atoms with van der Waals surface area (Å²) in [6, 6.07) is 11.6. The van der Waals surface area contributed by atoms with E-state index in [0.717, 1.165) is 5.56 Å². The average molecular weight is 475 g/mol. The van der Waals surface area contributed by atoms with Crippen LogP contribution in [0.4, 0.5) is 0 Å². The maximum atomic E-state index is 12.1. The number of hydrogen-bond acceptors (Lipinski definition) is 9. The highest BCUT2D eigenvalue weighted by molar-refractivity contribution is 5.91. The van der Waals surface area contributed by atoms with Crippen LogP contribution in [-0.2, 0) is 16.0 Å². The summed E-state index contributed by atoms with van der Waals surface area (Å²) in [6.07, 6.45) is -3.43. The van der Waals surface area contributed by atoms with Crippen molar-refractivity contribution in [3.05, 3.63) is 59.7 Å². The highest BCUT2D eigenvalue weighted by Crippen LogP contribution is 2.32. The molecule has 0 spiro atoms. The van der Waals surface area contributed by atoms with Crippen molar-refractivity contribution in [2.75, 3.05) is 20.3 Å². The van der Waals surface area contributed by atoms with Crippen LogP contribution in [-0.4, -0.2) is 82.4 Å². The third-order valence-electron chi connectivity index (χ3n) is 5.36. The van der Waals surface area contributed by atoms with Gasteiger partial charge in [0.25, 0.3) is 0 Å². The van der Waals surface area contributed by atoms with Gasteiger partial charge in [-0.1, -0.05) is 18.2 Å². The van der Waals surface area contributed by atoms with E-state index in [1.807, 2.05) is 0 Å². The van der Waals surface area contributed by atoms with E-state index in [4.69, 9.17) is 14.2 Å². The van der Waals surface area contributed by atoms with Crippen LogP contribution in [0.3, 0.4) is 0 Å². The van der Waals surface area contributed by atoms with Crippen molar-refractivity contribution in [3.63, 3.8) is 0 Å². The zero-order valence-electron chi connectivity index (χ0n) is 18.6. The summed E-state index contributed by atoms with van der Waals surface area (Å²) in [5.74, 6) is 0.393. The van der Waals surface area contributed by atoms with Gasteiger partial charge < -0.3 is 45.1 Å². The number of methoxy groups -OCH3 is 1. The van der Waals surface area contributed by atoms with Gasteiger partial charge in [0.15, 0.2) is 11.5 Å². The van der Waals surface area contributed by atoms with Crippen LogP contribution in [0.15, 0.2) is 48.5 Å². The van der Waals surface area contributed by atoms with Gasteiger partial charge in [-0.3, -0.25) is 4.79 Å². The summed E-state index contributed by atoms with van der Waals surface area (Å²) in [5, 5.41) is 51.3. The third kappa shape index (κ3) is 6.46. The molecule has 10 nitrogen and oxygen atoms in total. The Morgan fingerprint density at radius 1 is 1.06 bits per heavy atom. The first-order valence-electron chi connectivity index (χ1n) is 10.7. The van der Waals surface area contributed by atoms with Gasteiger partial charge in [-0.05, 0) is 47.9 Å². The number of aliphatic hydroxyl groups is 4. The van der Waals surface area contributed by atoms with Gasteiger partial charge in [-0.15, -0.1) is 0 Å². The van der Waals surface area contributed by atoms with Crippen molar-refractivity contribution in [2.24, 2.45) is 0 Å². The maximum absolute atomic E-state index is 12.1. The molecule has 5 atom stereocenters. The van der Waals surface area contributed by atoms with E-state index in [-0.39, 0.29) is 23.2 Å². The molecule has 5 unspecified atom stereocenters. The minimum absolute atomic E-state index is 0.191. The number of carbonyl (C=O) groups is 1. The van der Waals surface area contributed by atoms with Crippen molar-refractivity contribution in [1.82, 2.24) is 5.32 Å². The summed E-state index contributed by atoms with van der Waals surface area (Å²) in [7, 11) is 1.42. The standard InChI is InChI=1S/C24H29NO9/c1-32-18-12-15(5-9-20(28)25-11-10-14-2-6-16(27)7-3-14)4-8-17(18)33-24-23(31)22(30)21(29)19(13-26)34-24/h2-9,12,19,21-24,26-27,29-31H,10-11,13H2,1H3,(H,25,28). The second kappa shape index (κ2) is 11.8. The highest BCUT2D eigenvalue weighted by Gasteiger charge is 2.44. The number of amides is 1. The Hall–Kier alpha value is -3.15. The summed E-state index contributed by atoms with van der Waals surface area (Å²) in [6.45, 7) is -0.133. The number of nitrogens with one attached hydrogen (secondary N) is 1. The lowest BCUT2D eigenvalue weighted by Gasteiger charge is -2.39. The average Bonchev–Trinajstić information content (AvgIpc) is 2.84. The van der Waals surface area contributed by atoms with Crippen molar-refractivity contribution in [2.45, 2.75) is 37.1 Å². The highest BCUT2D eigenvalue weighted by atomic mass is 16.7. The number of benzene rings is 2. The molecule has 34 heavy (non-hydrogen) atoms. The second-order valence-corrected chi connectivity index (χ2v) is 7.77. The Morgan fingerprint density at radius 2 is 1.79 bits per heavy atom. The maximum Gasteiger partial charge on any atom is 0.244 e. The lowest BCUT2D eigenvalue weighted by atomic mass is 9.99. The molecule has 0 aliphatic carbocycles. The van der Waals surface area contributed by atoms with Crippen LogP contribution in [0.1, 0.15) is 11.1 Å². The number of phenols is 1. The van der Waals surface area contributed by atoms with Crippen molar-refractivity contribution < 1.29 is 44.5 Å². The molecule has 184 valence electrons. The zero-order valence-corrected chi connectivity index (χ0v) is 18.6. The van der Waals surface area contributed by atoms with Crippen LogP contribution in [0, 0.1) is 0 Å². The molecule has 1 amide bonds. The van der Waals surface area contributed by atoms with E-state index in [1.54, 1.807) is 48.5 Å². The van der Waals surface area contributed by atoms with E-state index in [9.17, 15) is 30.3 Å². The first kappa shape index (κ1) is 25.5. The van der Waals surface area contributed by atoms with Gasteiger partial charge >= 0.3 is 0 Å². The fraction of sp³-hybridized carbons (Fsp3) is 0.375. The molecular weight excluding hydrogens is 446 g/mol. The predicted molar refractivity (Wildman–Crippen MR) is 121 cm³/mol. The number of aliphatic hydroxyl groups excluding tert-OH is 4. The minimum Gasteiger partial charge on any atom is -0.508 e. The Kier molecular flexibility index (Phi) is 8.85. The Morgan fingerprint density at radius 3 is 2.47 bits per heavy atom. The number of phenolic OH excluding ortho intramolecular Hbond substituents is 1. The number of hydrogen-bond donors (Lipinski definition) is 6. The van der Waals surface area contributed by atoms with E-state index in [2.05, 4.69) is 5.32 Å². The molecule has 1 fully saturated rings. The predicted octanol–water partition coefficient (Wildman–Crippen LogP) is -0.0484. The summed E-state index contributed by atoms with van der Waals surface area (Å²) >= 11 is 0. The Balaban J connectivity index is 1.58. The molecular formula is C24H29NO9. The quantitative estimate of drug-likeness (QED) is 0.274. The Bertz CT molecular complexity index is 977. The van der Waals surface area contributed by atoms with Gasteiger partial charge in [0, 0.05) is 12.6 Å². The van der Waals surface area contributed by atoms with Crippen LogP contribution in [0.25, 0.3) is 6.08 Å². The molecule has 2 aromatic rings. The number of aromatic hydroxyl groups is 1. The minimum atomic E-state index is -1.56. The molecule has 2 aromatic carbocycles. The molecule has 1 aliphatic rings. The van der Waals surface area contributed by atoms with Crippen molar-refractivity contribution >= 4 is 12.0 Å². The number of ether oxygens (including phenoxy) is 3. The third-order valence-corrected chi connectivity index (χ3v) is 5.36. The fourth-order valence-electron chi connectivity index (χ4n) is 3.40. The number of carbonyl (C=O) groups excluding carboxylic acids is 1. The topological polar surface area (TPSA) is 158 Å². The SMILES string of the molecule is COc1cc(C=CC(=O)NCCc2ccc(O)cc2)ccc1OC1OC(CO)C(O)C(O)C1O. The van der Waals surface area contributed by atoms with Gasteiger partial charge in [0.1, 0.15) is 30.2 Å². The first-order chi connectivity index (χ1) is 16.3. The summed E-state index contributed by atoms with van der Waals surface area (Å²) in [5.41, 5.74) is 1.63. The molecule has 0 saturated carbocycles. The van der Waals surface area contributed by atoms with E-state index < -0.39 is 37.3 Å². The lowest BCUT2D eigenvalue weighted by Crippen LogP contribution is -2.60. The normalized spacial score (nSPS) is 24.7. The molecule has 0 aromatic heterocycles. The van der Waals surface area contributed by atoms with Gasteiger partial charge in [-0.2, -0.15) is 0 Å². The Labute approximate surface area is 196 Å². The molecule has 6 N–H and O–H groups in total. The van der Waals surface area contributed by atoms with Crippen LogP contribution in [0.2, 0.25) is 0 Å². The van der Waals surface area contributed by atoms with Crippen LogP contribution >= 0.6 is 0 Å². The zero-order chi connectivity index (χ0) is 24.7. The molecule has 10 heteroatoms. The molecule has 0 bridgehead atoms.